The maximum absolute atomic E-state index is 6.51. The molecule has 3 rings (SSSR count). The van der Waals surface area contributed by atoms with E-state index in [1.165, 1.54) is 37.1 Å². The zero-order valence-electron chi connectivity index (χ0n) is 12.9. The first-order valence-electron chi connectivity index (χ1n) is 8.12. The Morgan fingerprint density at radius 3 is 2.90 bits per heavy atom. The van der Waals surface area contributed by atoms with Crippen molar-refractivity contribution in [2.24, 2.45) is 11.7 Å². The van der Waals surface area contributed by atoms with E-state index < -0.39 is 0 Å². The molecule has 0 amide bonds. The van der Waals surface area contributed by atoms with Crippen molar-refractivity contribution in [1.29, 1.82) is 0 Å². The van der Waals surface area contributed by atoms with E-state index in [1.54, 1.807) is 0 Å². The maximum atomic E-state index is 6.51. The van der Waals surface area contributed by atoms with Crippen molar-refractivity contribution in [3.8, 4) is 0 Å². The molecule has 2 saturated heterocycles. The van der Waals surface area contributed by atoms with Gasteiger partial charge < -0.3 is 15.5 Å². The molecule has 21 heavy (non-hydrogen) atoms. The minimum atomic E-state index is 0.676. The summed E-state index contributed by atoms with van der Waals surface area (Å²) in [5.41, 5.74) is 8.05. The molecule has 2 N–H and O–H groups in total. The molecule has 2 fully saturated rings. The van der Waals surface area contributed by atoms with Gasteiger partial charge >= 0.3 is 0 Å². The molecule has 2 aliphatic heterocycles. The van der Waals surface area contributed by atoms with Gasteiger partial charge in [0.25, 0.3) is 0 Å². The number of hydrogen-bond acceptors (Lipinski definition) is 3. The summed E-state index contributed by atoms with van der Waals surface area (Å²) in [6.45, 7) is 4.19. The lowest BCUT2D eigenvalue weighted by molar-refractivity contribution is 0.102. The number of likely N-dealkylation sites (tertiary alicyclic amines) is 1. The first-order valence-corrected chi connectivity index (χ1v) is 8.50. The summed E-state index contributed by atoms with van der Waals surface area (Å²) in [6.07, 6.45) is 4.83. The molecule has 116 valence electrons. The van der Waals surface area contributed by atoms with Crippen LogP contribution in [-0.2, 0) is 6.42 Å². The van der Waals surface area contributed by atoms with Crippen molar-refractivity contribution in [2.75, 3.05) is 38.1 Å². The Balaban J connectivity index is 1.73. The van der Waals surface area contributed by atoms with Crippen LogP contribution in [0.4, 0.5) is 5.69 Å². The third-order valence-electron chi connectivity index (χ3n) is 5.13. The highest BCUT2D eigenvalue weighted by molar-refractivity contribution is 6.33. The van der Waals surface area contributed by atoms with Crippen LogP contribution in [0.5, 0.6) is 0 Å². The summed E-state index contributed by atoms with van der Waals surface area (Å²) in [4.78, 5) is 5.03. The quantitative estimate of drug-likeness (QED) is 0.932. The van der Waals surface area contributed by atoms with Gasteiger partial charge in [0.2, 0.25) is 0 Å². The molecule has 1 aromatic rings. The lowest BCUT2D eigenvalue weighted by Gasteiger charge is -2.46. The van der Waals surface area contributed by atoms with E-state index in [4.69, 9.17) is 17.3 Å². The number of fused-ring (bicyclic) bond motifs is 1. The molecule has 2 unspecified atom stereocenters. The molecule has 1 aromatic carbocycles. The normalized spacial score (nSPS) is 26.7. The van der Waals surface area contributed by atoms with Gasteiger partial charge in [0, 0.05) is 19.1 Å². The highest BCUT2D eigenvalue weighted by Gasteiger charge is 2.34. The van der Waals surface area contributed by atoms with Gasteiger partial charge in [-0.05, 0) is 69.4 Å². The Morgan fingerprint density at radius 1 is 1.29 bits per heavy atom. The minimum absolute atomic E-state index is 0.676. The average molecular weight is 308 g/mol. The van der Waals surface area contributed by atoms with Crippen LogP contribution in [0.25, 0.3) is 0 Å². The van der Waals surface area contributed by atoms with Gasteiger partial charge in [0.05, 0.1) is 10.7 Å². The number of hydrogen-bond donors (Lipinski definition) is 1. The van der Waals surface area contributed by atoms with E-state index in [-0.39, 0.29) is 0 Å². The molecular weight excluding hydrogens is 282 g/mol. The number of nitrogens with two attached hydrogens (primary N) is 1. The number of nitrogens with zero attached hydrogens (tertiary/aromatic N) is 2. The van der Waals surface area contributed by atoms with Gasteiger partial charge in [-0.25, -0.2) is 0 Å². The summed E-state index contributed by atoms with van der Waals surface area (Å²) in [5, 5.41) is 0.878. The first kappa shape index (κ1) is 15.1. The Labute approximate surface area is 133 Å². The Hall–Kier alpha value is -0.770. The van der Waals surface area contributed by atoms with E-state index in [0.717, 1.165) is 36.5 Å². The molecule has 0 aliphatic carbocycles. The third kappa shape index (κ3) is 3.20. The van der Waals surface area contributed by atoms with Crippen LogP contribution in [0.1, 0.15) is 24.8 Å². The topological polar surface area (TPSA) is 32.5 Å². The summed E-state index contributed by atoms with van der Waals surface area (Å²) in [5.74, 6) is 0.789. The SMILES string of the molecule is CN1CCCC2CN(c3ccc(CCN)cc3Cl)CCC21. The standard InChI is InChI=1S/C17H26ClN3/c1-20-9-2-3-14-12-21(10-7-16(14)20)17-5-4-13(6-8-19)11-15(17)18/h4-5,11,14,16H,2-3,6-10,12,19H2,1H3. The summed E-state index contributed by atoms with van der Waals surface area (Å²) in [6, 6.07) is 7.21. The second-order valence-electron chi connectivity index (χ2n) is 6.51. The summed E-state index contributed by atoms with van der Waals surface area (Å²) < 4.78 is 0. The van der Waals surface area contributed by atoms with Crippen molar-refractivity contribution in [3.05, 3.63) is 28.8 Å². The Kier molecular flexibility index (Phi) is 4.72. The fourth-order valence-corrected chi connectivity index (χ4v) is 4.32. The zero-order valence-corrected chi connectivity index (χ0v) is 13.6. The molecular formula is C17H26ClN3. The van der Waals surface area contributed by atoms with Crippen molar-refractivity contribution < 1.29 is 0 Å². The smallest absolute Gasteiger partial charge is 0.0642 e. The van der Waals surface area contributed by atoms with Crippen LogP contribution < -0.4 is 10.6 Å². The zero-order chi connectivity index (χ0) is 14.8. The number of rotatable bonds is 3. The minimum Gasteiger partial charge on any atom is -0.370 e. The molecule has 2 aliphatic rings. The van der Waals surface area contributed by atoms with Crippen molar-refractivity contribution in [1.82, 2.24) is 4.90 Å². The van der Waals surface area contributed by atoms with Gasteiger partial charge in [0.15, 0.2) is 0 Å². The second-order valence-corrected chi connectivity index (χ2v) is 6.92. The summed E-state index contributed by atoms with van der Waals surface area (Å²) >= 11 is 6.51. The van der Waals surface area contributed by atoms with Crippen molar-refractivity contribution in [2.45, 2.75) is 31.7 Å². The van der Waals surface area contributed by atoms with Crippen LogP contribution in [0.2, 0.25) is 5.02 Å². The number of anilines is 1. The molecule has 2 atom stereocenters. The largest absolute Gasteiger partial charge is 0.370 e. The van der Waals surface area contributed by atoms with E-state index in [1.807, 2.05) is 0 Å². The first-order chi connectivity index (χ1) is 10.2. The molecule has 0 bridgehead atoms. The fourth-order valence-electron chi connectivity index (χ4n) is 4.00. The van der Waals surface area contributed by atoms with Crippen LogP contribution in [-0.4, -0.2) is 44.2 Å². The van der Waals surface area contributed by atoms with E-state index in [2.05, 4.69) is 35.0 Å². The van der Waals surface area contributed by atoms with E-state index >= 15 is 0 Å². The fraction of sp³-hybridized carbons (Fsp3) is 0.647. The Morgan fingerprint density at radius 2 is 2.14 bits per heavy atom. The Bertz CT molecular complexity index is 491. The molecule has 0 spiro atoms. The van der Waals surface area contributed by atoms with Crippen LogP contribution in [0.15, 0.2) is 18.2 Å². The number of benzene rings is 1. The van der Waals surface area contributed by atoms with Crippen LogP contribution in [0, 0.1) is 5.92 Å². The van der Waals surface area contributed by atoms with E-state index in [0.29, 0.717) is 6.54 Å². The molecule has 4 heteroatoms. The summed E-state index contributed by atoms with van der Waals surface area (Å²) in [7, 11) is 2.28. The van der Waals surface area contributed by atoms with Gasteiger partial charge in [-0.1, -0.05) is 17.7 Å². The van der Waals surface area contributed by atoms with Gasteiger partial charge in [-0.15, -0.1) is 0 Å². The molecule has 0 aromatic heterocycles. The average Bonchev–Trinajstić information content (AvgIpc) is 2.48. The second kappa shape index (κ2) is 6.55. The number of halogens is 1. The maximum Gasteiger partial charge on any atom is 0.0642 e. The van der Waals surface area contributed by atoms with Crippen molar-refractivity contribution in [3.63, 3.8) is 0 Å². The lowest BCUT2D eigenvalue weighted by atomic mass is 9.84. The van der Waals surface area contributed by atoms with Crippen LogP contribution in [0.3, 0.4) is 0 Å². The third-order valence-corrected chi connectivity index (χ3v) is 5.43. The predicted octanol–water partition coefficient (Wildman–Crippen LogP) is 2.76. The molecule has 3 nitrogen and oxygen atoms in total. The monoisotopic (exact) mass is 307 g/mol. The highest BCUT2D eigenvalue weighted by atomic mass is 35.5. The predicted molar refractivity (Wildman–Crippen MR) is 90.2 cm³/mol. The molecule has 2 heterocycles. The number of piperidine rings is 2. The van der Waals surface area contributed by atoms with Gasteiger partial charge in [-0.3, -0.25) is 0 Å². The van der Waals surface area contributed by atoms with Gasteiger partial charge in [-0.2, -0.15) is 0 Å². The highest BCUT2D eigenvalue weighted by Crippen LogP contribution is 2.35. The van der Waals surface area contributed by atoms with Crippen LogP contribution >= 0.6 is 11.6 Å². The molecule has 0 radical (unpaired) electrons. The molecule has 0 saturated carbocycles. The van der Waals surface area contributed by atoms with Gasteiger partial charge in [0.1, 0.15) is 0 Å². The van der Waals surface area contributed by atoms with Crippen molar-refractivity contribution >= 4 is 17.3 Å². The lowest BCUT2D eigenvalue weighted by Crippen LogP contribution is -2.52. The van der Waals surface area contributed by atoms with E-state index in [9.17, 15) is 0 Å².